The van der Waals surface area contributed by atoms with Crippen LogP contribution in [-0.4, -0.2) is 39.8 Å². The first-order valence-electron chi connectivity index (χ1n) is 9.18. The average molecular weight is 368 g/mol. The molecule has 1 fully saturated rings. The van der Waals surface area contributed by atoms with Crippen LogP contribution in [0.3, 0.4) is 0 Å². The fourth-order valence-electron chi connectivity index (χ4n) is 3.41. The maximum Gasteiger partial charge on any atom is 0.264 e. The van der Waals surface area contributed by atoms with Gasteiger partial charge in [-0.3, -0.25) is 14.4 Å². The minimum Gasteiger partial charge on any atom is -0.370 e. The second-order valence-electron chi connectivity index (χ2n) is 7.11. The van der Waals surface area contributed by atoms with Crippen LogP contribution in [0.15, 0.2) is 35.3 Å². The predicted molar refractivity (Wildman–Crippen MR) is 102 cm³/mol. The second-order valence-corrected chi connectivity index (χ2v) is 7.11. The van der Waals surface area contributed by atoms with E-state index in [0.29, 0.717) is 31.8 Å². The summed E-state index contributed by atoms with van der Waals surface area (Å²) < 4.78 is 0. The maximum atomic E-state index is 12.8. The summed E-state index contributed by atoms with van der Waals surface area (Å²) >= 11 is 0. The zero-order chi connectivity index (χ0) is 19.4. The first kappa shape index (κ1) is 18.8. The topological polar surface area (TPSA) is 109 Å². The number of rotatable bonds is 5. The van der Waals surface area contributed by atoms with Crippen LogP contribution in [0.1, 0.15) is 41.6 Å². The average Bonchev–Trinajstić information content (AvgIpc) is 2.66. The smallest absolute Gasteiger partial charge is 0.264 e. The Morgan fingerprint density at radius 2 is 2.04 bits per heavy atom. The summed E-state index contributed by atoms with van der Waals surface area (Å²) in [6.45, 7) is 3.12. The third-order valence-corrected chi connectivity index (χ3v) is 4.96. The minimum atomic E-state index is -0.440. The van der Waals surface area contributed by atoms with Gasteiger partial charge in [0.25, 0.3) is 11.5 Å². The lowest BCUT2D eigenvalue weighted by atomic mass is 9.93. The van der Waals surface area contributed by atoms with Gasteiger partial charge in [-0.2, -0.15) is 0 Å². The van der Waals surface area contributed by atoms with Crippen molar-refractivity contribution in [3.63, 3.8) is 0 Å². The Kier molecular flexibility index (Phi) is 5.69. The molecule has 0 spiro atoms. The van der Waals surface area contributed by atoms with Crippen molar-refractivity contribution < 1.29 is 9.59 Å². The molecule has 0 aliphatic carbocycles. The molecule has 1 aliphatic rings. The zero-order valence-electron chi connectivity index (χ0n) is 15.4. The Balaban J connectivity index is 1.73. The number of nitrogens with two attached hydrogens (primary N) is 1. The Labute approximate surface area is 157 Å². The van der Waals surface area contributed by atoms with Gasteiger partial charge >= 0.3 is 0 Å². The van der Waals surface area contributed by atoms with Gasteiger partial charge in [0, 0.05) is 31.3 Å². The number of carbonyl (C=O) groups excluding carboxylic acids is 2. The zero-order valence-corrected chi connectivity index (χ0v) is 15.4. The van der Waals surface area contributed by atoms with Gasteiger partial charge in [0.05, 0.1) is 0 Å². The highest BCUT2D eigenvalue weighted by atomic mass is 16.2. The van der Waals surface area contributed by atoms with Crippen LogP contribution in [0.2, 0.25) is 0 Å². The molecule has 1 aromatic carbocycles. The van der Waals surface area contributed by atoms with Crippen molar-refractivity contribution in [1.82, 2.24) is 14.9 Å². The number of primary amides is 1. The van der Waals surface area contributed by atoms with Gasteiger partial charge in [0.2, 0.25) is 5.91 Å². The third kappa shape index (κ3) is 4.61. The molecule has 2 heterocycles. The molecule has 1 aliphatic heterocycles. The SMILES string of the molecule is Cc1ccc(-c2ncc(C(=O)N3CCC[C@H](CCC(N)=O)C3)c(=O)[nH]2)cc1. The fourth-order valence-corrected chi connectivity index (χ4v) is 3.41. The predicted octanol–water partition coefficient (Wildman–Crippen LogP) is 1.86. The van der Waals surface area contributed by atoms with E-state index in [4.69, 9.17) is 5.73 Å². The van der Waals surface area contributed by atoms with Crippen LogP contribution < -0.4 is 11.3 Å². The maximum absolute atomic E-state index is 12.8. The van der Waals surface area contributed by atoms with Crippen molar-refractivity contribution >= 4 is 11.8 Å². The Bertz CT molecular complexity index is 889. The number of piperidine rings is 1. The lowest BCUT2D eigenvalue weighted by Gasteiger charge is -2.32. The van der Waals surface area contributed by atoms with Crippen LogP contribution in [0.25, 0.3) is 11.4 Å². The van der Waals surface area contributed by atoms with Crippen LogP contribution in [0.5, 0.6) is 0 Å². The molecule has 0 bridgehead atoms. The molecule has 0 unspecified atom stereocenters. The van der Waals surface area contributed by atoms with E-state index in [2.05, 4.69) is 9.97 Å². The Morgan fingerprint density at radius 3 is 2.70 bits per heavy atom. The molecular weight excluding hydrogens is 344 g/mol. The van der Waals surface area contributed by atoms with Gasteiger partial charge < -0.3 is 15.6 Å². The number of hydrogen-bond acceptors (Lipinski definition) is 4. The summed E-state index contributed by atoms with van der Waals surface area (Å²) in [4.78, 5) is 44.9. The molecule has 7 heteroatoms. The number of likely N-dealkylation sites (tertiary alicyclic amines) is 1. The van der Waals surface area contributed by atoms with Gasteiger partial charge in [-0.15, -0.1) is 0 Å². The normalized spacial score (nSPS) is 16.9. The molecule has 3 rings (SSSR count). The number of aromatic amines is 1. The standard InChI is InChI=1S/C20H24N4O3/c1-13-4-7-15(8-5-13)18-22-11-16(19(26)23-18)20(27)24-10-2-3-14(12-24)6-9-17(21)25/h4-5,7-8,11,14H,2-3,6,9-10,12H2,1H3,(H2,21,25)(H,22,23,26)/t14-/m1/s1. The fraction of sp³-hybridized carbons (Fsp3) is 0.400. The minimum absolute atomic E-state index is 0.0430. The number of aryl methyl sites for hydroxylation is 1. The molecule has 0 saturated carbocycles. The summed E-state index contributed by atoms with van der Waals surface area (Å²) in [5, 5.41) is 0. The number of H-pyrrole nitrogens is 1. The molecule has 142 valence electrons. The van der Waals surface area contributed by atoms with E-state index >= 15 is 0 Å². The van der Waals surface area contributed by atoms with Gasteiger partial charge in [0.15, 0.2) is 0 Å². The van der Waals surface area contributed by atoms with Crippen LogP contribution in [0.4, 0.5) is 0 Å². The van der Waals surface area contributed by atoms with Crippen molar-refractivity contribution in [2.45, 2.75) is 32.6 Å². The largest absolute Gasteiger partial charge is 0.370 e. The summed E-state index contributed by atoms with van der Waals surface area (Å²) in [7, 11) is 0. The lowest BCUT2D eigenvalue weighted by molar-refractivity contribution is -0.118. The monoisotopic (exact) mass is 368 g/mol. The van der Waals surface area contributed by atoms with E-state index in [9.17, 15) is 14.4 Å². The van der Waals surface area contributed by atoms with E-state index in [0.717, 1.165) is 24.0 Å². The molecule has 27 heavy (non-hydrogen) atoms. The van der Waals surface area contributed by atoms with Gasteiger partial charge in [-0.05, 0) is 32.1 Å². The van der Waals surface area contributed by atoms with Crippen LogP contribution in [-0.2, 0) is 4.79 Å². The molecule has 2 amide bonds. The van der Waals surface area contributed by atoms with Crippen molar-refractivity contribution in [3.8, 4) is 11.4 Å². The molecule has 2 aromatic rings. The van der Waals surface area contributed by atoms with Crippen molar-refractivity contribution in [2.75, 3.05) is 13.1 Å². The van der Waals surface area contributed by atoms with Gasteiger partial charge in [-0.1, -0.05) is 29.8 Å². The number of carbonyl (C=O) groups is 2. The summed E-state index contributed by atoms with van der Waals surface area (Å²) in [5.74, 6) is 0.0253. The highest BCUT2D eigenvalue weighted by Gasteiger charge is 2.26. The first-order valence-corrected chi connectivity index (χ1v) is 9.18. The molecule has 0 radical (unpaired) electrons. The van der Waals surface area contributed by atoms with Crippen molar-refractivity contribution in [1.29, 1.82) is 0 Å². The number of nitrogens with zero attached hydrogens (tertiary/aromatic N) is 2. The molecule has 1 aromatic heterocycles. The summed E-state index contributed by atoms with van der Waals surface area (Å²) in [6.07, 6.45) is 4.14. The molecular formula is C20H24N4O3. The van der Waals surface area contributed by atoms with Gasteiger partial charge in [0.1, 0.15) is 11.4 Å². The quantitative estimate of drug-likeness (QED) is 0.839. The van der Waals surface area contributed by atoms with E-state index < -0.39 is 5.56 Å². The Hall–Kier alpha value is -2.96. The molecule has 1 atom stereocenters. The molecule has 7 nitrogen and oxygen atoms in total. The first-order chi connectivity index (χ1) is 12.9. The van der Waals surface area contributed by atoms with E-state index in [-0.39, 0.29) is 23.3 Å². The van der Waals surface area contributed by atoms with E-state index in [1.165, 1.54) is 6.20 Å². The molecule has 1 saturated heterocycles. The van der Waals surface area contributed by atoms with E-state index in [1.807, 2.05) is 31.2 Å². The van der Waals surface area contributed by atoms with Crippen molar-refractivity contribution in [2.24, 2.45) is 11.7 Å². The van der Waals surface area contributed by atoms with Crippen LogP contribution >= 0.6 is 0 Å². The number of nitrogens with one attached hydrogen (secondary N) is 1. The number of aromatic nitrogens is 2. The van der Waals surface area contributed by atoms with E-state index in [1.54, 1.807) is 4.90 Å². The third-order valence-electron chi connectivity index (χ3n) is 4.96. The van der Waals surface area contributed by atoms with Gasteiger partial charge in [-0.25, -0.2) is 4.98 Å². The van der Waals surface area contributed by atoms with Crippen molar-refractivity contribution in [3.05, 3.63) is 51.9 Å². The summed E-state index contributed by atoms with van der Waals surface area (Å²) in [5.41, 5.74) is 6.72. The number of benzene rings is 1. The Morgan fingerprint density at radius 1 is 1.30 bits per heavy atom. The van der Waals surface area contributed by atoms with Crippen LogP contribution in [0, 0.1) is 12.8 Å². The molecule has 3 N–H and O–H groups in total. The highest BCUT2D eigenvalue weighted by molar-refractivity contribution is 5.93. The number of amides is 2. The lowest BCUT2D eigenvalue weighted by Crippen LogP contribution is -2.42. The number of hydrogen-bond donors (Lipinski definition) is 2. The highest BCUT2D eigenvalue weighted by Crippen LogP contribution is 2.22. The second kappa shape index (κ2) is 8.16. The summed E-state index contributed by atoms with van der Waals surface area (Å²) in [6, 6.07) is 7.63.